The average Bonchev–Trinajstić information content (AvgIpc) is 3.34. The number of nitrogens with two attached hydrogens (primary N) is 3. The van der Waals surface area contributed by atoms with Gasteiger partial charge in [0.25, 0.3) is 0 Å². The number of nitrogens with zero attached hydrogens (tertiary/aromatic N) is 3. The van der Waals surface area contributed by atoms with Crippen molar-refractivity contribution < 1.29 is 14.3 Å². The molecule has 0 fully saturated rings. The summed E-state index contributed by atoms with van der Waals surface area (Å²) in [5, 5.41) is 13.3. The lowest BCUT2D eigenvalue weighted by Crippen LogP contribution is -2.24. The number of carboxylic acid groups (broad SMARTS) is 1. The van der Waals surface area contributed by atoms with Crippen molar-refractivity contribution in [2.75, 3.05) is 13.1 Å². The third-order valence-corrected chi connectivity index (χ3v) is 7.22. The lowest BCUT2D eigenvalue weighted by atomic mass is 10.0. The molecule has 13 heteroatoms. The van der Waals surface area contributed by atoms with Gasteiger partial charge in [0.05, 0.1) is 22.8 Å². The average molecular weight is 611 g/mol. The van der Waals surface area contributed by atoms with Crippen LogP contribution in [-0.2, 0) is 24.2 Å². The number of guanidine groups is 1. The molecule has 1 unspecified atom stereocenters. The minimum Gasteiger partial charge on any atom is -0.481 e. The number of nitrogens with one attached hydrogen (secondary N) is 2. The molecule has 43 heavy (non-hydrogen) atoms. The van der Waals surface area contributed by atoms with Crippen molar-refractivity contribution in [3.8, 4) is 16.9 Å². The molecule has 0 aliphatic heterocycles. The molecule has 0 spiro atoms. The smallest absolute Gasteiger partial charge is 0.354 e. The van der Waals surface area contributed by atoms with Crippen LogP contribution in [0, 0.1) is 5.82 Å². The highest BCUT2D eigenvalue weighted by Crippen LogP contribution is 2.31. The number of carboxylic acids is 1. The lowest BCUT2D eigenvalue weighted by Gasteiger charge is -2.13. The van der Waals surface area contributed by atoms with E-state index >= 15 is 4.39 Å². The first-order valence-corrected chi connectivity index (χ1v) is 14.4. The Hall–Kier alpha value is -4.26. The number of H-pyrrole nitrogens is 1. The van der Waals surface area contributed by atoms with Crippen molar-refractivity contribution >= 4 is 34.6 Å². The maximum absolute atomic E-state index is 15.1. The van der Waals surface area contributed by atoms with Gasteiger partial charge in [-0.25, -0.2) is 9.18 Å². The van der Waals surface area contributed by atoms with Crippen LogP contribution in [0.3, 0.4) is 0 Å². The van der Waals surface area contributed by atoms with Crippen molar-refractivity contribution in [3.05, 3.63) is 80.6 Å². The van der Waals surface area contributed by atoms with Crippen LogP contribution in [0.2, 0.25) is 5.02 Å². The molecule has 0 aliphatic rings. The second-order valence-corrected chi connectivity index (χ2v) is 11.0. The quantitative estimate of drug-likeness (QED) is 0.0712. The third-order valence-electron chi connectivity index (χ3n) is 6.94. The van der Waals surface area contributed by atoms with E-state index in [0.717, 1.165) is 24.0 Å². The number of benzene rings is 2. The van der Waals surface area contributed by atoms with E-state index in [2.05, 4.69) is 20.3 Å². The Balaban J connectivity index is 1.61. The van der Waals surface area contributed by atoms with E-state index in [4.69, 9.17) is 28.8 Å². The Labute approximate surface area is 253 Å². The zero-order valence-corrected chi connectivity index (χ0v) is 24.6. The molecule has 9 N–H and O–H groups in total. The van der Waals surface area contributed by atoms with Crippen molar-refractivity contribution in [1.29, 1.82) is 0 Å². The molecule has 0 saturated carbocycles. The number of hydrogen-bond acceptors (Lipinski definition) is 6. The number of aromatic amines is 1. The number of carbonyl (C=O) groups is 1. The number of rotatable bonds is 14. The van der Waals surface area contributed by atoms with Crippen LogP contribution >= 0.6 is 11.6 Å². The highest BCUT2D eigenvalue weighted by Gasteiger charge is 2.16. The fourth-order valence-corrected chi connectivity index (χ4v) is 5.08. The van der Waals surface area contributed by atoms with Crippen molar-refractivity contribution in [1.82, 2.24) is 19.9 Å². The van der Waals surface area contributed by atoms with Gasteiger partial charge in [0.2, 0.25) is 0 Å². The van der Waals surface area contributed by atoms with E-state index in [1.165, 1.54) is 4.57 Å². The summed E-state index contributed by atoms with van der Waals surface area (Å²) >= 11 is 6.22. The first-order valence-electron chi connectivity index (χ1n) is 14.0. The first-order chi connectivity index (χ1) is 20.5. The number of aryl methyl sites for hydroxylation is 1. The van der Waals surface area contributed by atoms with Crippen LogP contribution in [0.4, 0.5) is 4.39 Å². The standard InChI is InChI=1S/C30H36ClFN8O3/c1-17(33)4-2-5-18-10-23(27(32)24(31)11-18)25-13-21-16-40(30(43)39-28(21)38-25)22-7-6-19(20(12-22)14-26(41)42)15-36-8-3-9-37-29(34)35/h6-7,10-13,16-17,36H,2-5,8-9,14-15,33H2,1H3,(H,41,42)(H4,34,35,37)(H,38,39,43). The number of halogens is 2. The molecule has 1 atom stereocenters. The van der Waals surface area contributed by atoms with E-state index in [0.29, 0.717) is 60.5 Å². The van der Waals surface area contributed by atoms with Crippen LogP contribution in [0.5, 0.6) is 0 Å². The summed E-state index contributed by atoms with van der Waals surface area (Å²) in [7, 11) is 0. The summed E-state index contributed by atoms with van der Waals surface area (Å²) in [6.45, 7) is 3.48. The van der Waals surface area contributed by atoms with Crippen LogP contribution in [0.15, 0.2) is 52.4 Å². The zero-order chi connectivity index (χ0) is 31.1. The summed E-state index contributed by atoms with van der Waals surface area (Å²) in [5.41, 5.74) is 19.6. The fraction of sp³-hybridized carbons (Fsp3) is 0.333. The van der Waals surface area contributed by atoms with Crippen molar-refractivity contribution in [2.45, 2.75) is 51.6 Å². The molecule has 2 aromatic heterocycles. The highest BCUT2D eigenvalue weighted by molar-refractivity contribution is 6.31. The van der Waals surface area contributed by atoms with E-state index in [-0.39, 0.29) is 29.0 Å². The number of fused-ring (bicyclic) bond motifs is 1. The molecule has 4 rings (SSSR count). The molecule has 0 saturated heterocycles. The molecule has 2 aromatic carbocycles. The minimum atomic E-state index is -0.997. The molecule has 0 radical (unpaired) electrons. The largest absolute Gasteiger partial charge is 0.481 e. The summed E-state index contributed by atoms with van der Waals surface area (Å²) in [6, 6.07) is 10.3. The number of aliphatic imine (C=N–C) groups is 1. The Morgan fingerprint density at radius 3 is 2.72 bits per heavy atom. The fourth-order valence-electron chi connectivity index (χ4n) is 4.84. The first kappa shape index (κ1) is 31.7. The van der Waals surface area contributed by atoms with Crippen LogP contribution in [-0.4, -0.2) is 50.7 Å². The molecule has 2 heterocycles. The summed E-state index contributed by atoms with van der Waals surface area (Å²) in [6.07, 6.45) is 4.44. The van der Waals surface area contributed by atoms with E-state index in [1.54, 1.807) is 42.6 Å². The van der Waals surface area contributed by atoms with Crippen molar-refractivity contribution in [3.63, 3.8) is 0 Å². The lowest BCUT2D eigenvalue weighted by molar-refractivity contribution is -0.136. The predicted molar refractivity (Wildman–Crippen MR) is 167 cm³/mol. The molecule has 228 valence electrons. The Bertz CT molecular complexity index is 1690. The van der Waals surface area contributed by atoms with E-state index in [9.17, 15) is 14.7 Å². The molecule has 4 aromatic rings. The van der Waals surface area contributed by atoms with Gasteiger partial charge < -0.3 is 32.6 Å². The molecular weight excluding hydrogens is 575 g/mol. The second kappa shape index (κ2) is 14.3. The highest BCUT2D eigenvalue weighted by atomic mass is 35.5. The monoisotopic (exact) mass is 610 g/mol. The number of aromatic nitrogens is 3. The summed E-state index contributed by atoms with van der Waals surface area (Å²) in [4.78, 5) is 35.8. The SMILES string of the molecule is CC(N)CCCc1cc(Cl)c(F)c(-c2cc3cn(-c4ccc(CNCCCN=C(N)N)c(CC(=O)O)c4)c(=O)nc3[nH]2)c1. The number of aliphatic carboxylic acids is 1. The van der Waals surface area contributed by atoms with Gasteiger partial charge in [-0.1, -0.05) is 17.7 Å². The molecule has 11 nitrogen and oxygen atoms in total. The Morgan fingerprint density at radius 1 is 1.21 bits per heavy atom. The molecule has 0 bridgehead atoms. The number of hydrogen-bond donors (Lipinski definition) is 6. The third kappa shape index (κ3) is 8.40. The van der Waals surface area contributed by atoms with Gasteiger partial charge in [-0.3, -0.25) is 14.4 Å². The summed E-state index contributed by atoms with van der Waals surface area (Å²) < 4.78 is 16.4. The maximum Gasteiger partial charge on any atom is 0.354 e. The minimum absolute atomic E-state index is 0.00814. The predicted octanol–water partition coefficient (Wildman–Crippen LogP) is 3.22. The normalized spacial score (nSPS) is 12.0. The van der Waals surface area contributed by atoms with Crippen LogP contribution < -0.4 is 28.2 Å². The van der Waals surface area contributed by atoms with Gasteiger partial charge in [-0.05, 0) is 86.2 Å². The second-order valence-electron chi connectivity index (χ2n) is 10.5. The van der Waals surface area contributed by atoms with Gasteiger partial charge >= 0.3 is 11.7 Å². The molecule has 0 aliphatic carbocycles. The van der Waals surface area contributed by atoms with Gasteiger partial charge in [0.1, 0.15) is 5.65 Å². The van der Waals surface area contributed by atoms with Gasteiger partial charge in [0.15, 0.2) is 11.8 Å². The van der Waals surface area contributed by atoms with Gasteiger partial charge in [0, 0.05) is 36.3 Å². The van der Waals surface area contributed by atoms with Crippen LogP contribution in [0.1, 0.15) is 42.9 Å². The van der Waals surface area contributed by atoms with E-state index < -0.39 is 17.5 Å². The van der Waals surface area contributed by atoms with Crippen LogP contribution in [0.25, 0.3) is 28.0 Å². The molecule has 0 amide bonds. The van der Waals surface area contributed by atoms with Crippen molar-refractivity contribution in [2.24, 2.45) is 22.2 Å². The molecular formula is C30H36ClFN8O3. The maximum atomic E-state index is 15.1. The van der Waals surface area contributed by atoms with E-state index in [1.807, 2.05) is 6.92 Å². The zero-order valence-electron chi connectivity index (χ0n) is 23.9. The van der Waals surface area contributed by atoms with Gasteiger partial charge in [-0.2, -0.15) is 4.98 Å². The Morgan fingerprint density at radius 2 is 2.00 bits per heavy atom. The summed E-state index contributed by atoms with van der Waals surface area (Å²) in [5.74, 6) is -1.53. The topological polar surface area (TPSA) is 190 Å². The Kier molecular flexibility index (Phi) is 10.5. The van der Waals surface area contributed by atoms with Gasteiger partial charge in [-0.15, -0.1) is 0 Å².